The number of carbonyl (C=O) groups is 1. The number of hydrogen-bond donors (Lipinski definition) is 0. The summed E-state index contributed by atoms with van der Waals surface area (Å²) in [5.74, 6) is -1.04. The van der Waals surface area contributed by atoms with E-state index in [1.54, 1.807) is 0 Å². The van der Waals surface area contributed by atoms with E-state index in [-0.39, 0.29) is 21.4 Å². The summed E-state index contributed by atoms with van der Waals surface area (Å²) in [5.41, 5.74) is -0.226. The fourth-order valence-electron chi connectivity index (χ4n) is 1.26. The van der Waals surface area contributed by atoms with E-state index >= 15 is 0 Å². The molecular weight excluding hydrogens is 277 g/mol. The number of carbonyl (C=O) groups excluding carboxylic acids is 1. The van der Waals surface area contributed by atoms with Crippen LogP contribution in [0.5, 0.6) is 11.5 Å². The van der Waals surface area contributed by atoms with Crippen LogP contribution in [0.4, 0.5) is 8.78 Å². The molecule has 0 atom stereocenters. The third kappa shape index (κ3) is 2.98. The van der Waals surface area contributed by atoms with Crippen molar-refractivity contribution in [1.82, 2.24) is 0 Å². The van der Waals surface area contributed by atoms with Crippen molar-refractivity contribution in [1.29, 1.82) is 0 Å². The number of alkyl halides is 2. The third-order valence-electron chi connectivity index (χ3n) is 1.92. The molecule has 0 fully saturated rings. The molecule has 1 aromatic rings. The van der Waals surface area contributed by atoms with Crippen LogP contribution in [0.25, 0.3) is 0 Å². The summed E-state index contributed by atoms with van der Waals surface area (Å²) in [4.78, 5) is 11.4. The number of halogens is 4. The first-order chi connectivity index (χ1) is 7.88. The van der Waals surface area contributed by atoms with E-state index in [4.69, 9.17) is 27.9 Å². The Morgan fingerprint density at radius 2 is 2.00 bits per heavy atom. The van der Waals surface area contributed by atoms with Crippen LogP contribution in [-0.4, -0.2) is 19.5 Å². The highest BCUT2D eigenvalue weighted by Crippen LogP contribution is 2.41. The van der Waals surface area contributed by atoms with Crippen molar-refractivity contribution in [2.24, 2.45) is 0 Å². The minimum Gasteiger partial charge on any atom is -0.493 e. The van der Waals surface area contributed by atoms with E-state index in [1.807, 2.05) is 0 Å². The van der Waals surface area contributed by atoms with Crippen molar-refractivity contribution in [2.75, 3.05) is 7.11 Å². The van der Waals surface area contributed by atoms with Crippen LogP contribution < -0.4 is 9.47 Å². The van der Waals surface area contributed by atoms with Crippen LogP contribution >= 0.6 is 23.2 Å². The van der Waals surface area contributed by atoms with E-state index in [9.17, 15) is 13.6 Å². The first kappa shape index (κ1) is 14.0. The Balaban J connectivity index is 3.50. The third-order valence-corrected chi connectivity index (χ3v) is 2.70. The first-order valence-corrected chi connectivity index (χ1v) is 5.15. The highest BCUT2D eigenvalue weighted by atomic mass is 35.5. The number of rotatable bonds is 4. The minimum absolute atomic E-state index is 0.0235. The van der Waals surface area contributed by atoms with E-state index in [2.05, 4.69) is 4.74 Å². The van der Waals surface area contributed by atoms with E-state index in [0.29, 0.717) is 0 Å². The predicted octanol–water partition coefficient (Wildman–Crippen LogP) is 3.81. The monoisotopic (exact) mass is 284 g/mol. The maximum Gasteiger partial charge on any atom is 0.387 e. The maximum atomic E-state index is 12.2. The molecule has 3 nitrogen and oxygen atoms in total. The van der Waals surface area contributed by atoms with Crippen LogP contribution in [0.2, 0.25) is 10.0 Å². The molecule has 0 unspecified atom stereocenters. The van der Waals surface area contributed by atoms with Crippen LogP contribution in [0.3, 0.4) is 0 Å². The van der Waals surface area contributed by atoms with Crippen molar-refractivity contribution in [3.8, 4) is 11.5 Å². The number of benzene rings is 1. The molecular formula is C10H8Cl2F2O3. The van der Waals surface area contributed by atoms with Gasteiger partial charge in [-0.05, 0) is 6.92 Å². The Kier molecular flexibility index (Phi) is 4.54. The van der Waals surface area contributed by atoms with Gasteiger partial charge in [-0.1, -0.05) is 23.2 Å². The van der Waals surface area contributed by atoms with Gasteiger partial charge in [0.05, 0.1) is 22.7 Å². The maximum absolute atomic E-state index is 12.2. The summed E-state index contributed by atoms with van der Waals surface area (Å²) in [5, 5.41) is -0.119. The first-order valence-electron chi connectivity index (χ1n) is 4.40. The summed E-state index contributed by atoms with van der Waals surface area (Å²) in [6.07, 6.45) is 0. The Hall–Kier alpha value is -1.07. The Morgan fingerprint density at radius 1 is 1.41 bits per heavy atom. The zero-order chi connectivity index (χ0) is 13.2. The van der Waals surface area contributed by atoms with Crippen LogP contribution in [0.15, 0.2) is 6.07 Å². The molecule has 0 bridgehead atoms. The van der Waals surface area contributed by atoms with Gasteiger partial charge >= 0.3 is 6.61 Å². The van der Waals surface area contributed by atoms with Crippen molar-refractivity contribution in [2.45, 2.75) is 13.5 Å². The van der Waals surface area contributed by atoms with Crippen LogP contribution in [0, 0.1) is 0 Å². The lowest BCUT2D eigenvalue weighted by molar-refractivity contribution is -0.0514. The summed E-state index contributed by atoms with van der Waals surface area (Å²) in [6.45, 7) is -1.94. The number of ketones is 1. The number of methoxy groups -OCH3 is 1. The van der Waals surface area contributed by atoms with Gasteiger partial charge in [0.1, 0.15) is 0 Å². The topological polar surface area (TPSA) is 35.5 Å². The number of Topliss-reactive ketones (excluding diaryl/α,β-unsaturated/α-hetero) is 1. The SMILES string of the molecule is COc1cc(Cl)c(Cl)c(C(C)=O)c1OC(F)F. The van der Waals surface area contributed by atoms with Gasteiger partial charge in [0, 0.05) is 6.07 Å². The highest BCUT2D eigenvalue weighted by Gasteiger charge is 2.23. The Morgan fingerprint density at radius 3 is 2.41 bits per heavy atom. The molecule has 7 heteroatoms. The molecule has 0 spiro atoms. The van der Waals surface area contributed by atoms with Gasteiger partial charge in [0.25, 0.3) is 0 Å². The van der Waals surface area contributed by atoms with Crippen molar-refractivity contribution >= 4 is 29.0 Å². The molecule has 1 rings (SSSR count). The normalized spacial score (nSPS) is 10.5. The van der Waals surface area contributed by atoms with Crippen molar-refractivity contribution in [3.63, 3.8) is 0 Å². The van der Waals surface area contributed by atoms with Gasteiger partial charge in [0.2, 0.25) is 0 Å². The quantitative estimate of drug-likeness (QED) is 0.789. The summed E-state index contributed by atoms with van der Waals surface area (Å²) < 4.78 is 33.6. The lowest BCUT2D eigenvalue weighted by Crippen LogP contribution is -2.09. The molecule has 0 aliphatic rings. The Bertz CT molecular complexity index is 450. The highest BCUT2D eigenvalue weighted by molar-refractivity contribution is 6.44. The molecule has 0 saturated heterocycles. The standard InChI is InChI=1S/C10H8Cl2F2O3/c1-4(15)7-8(12)5(11)3-6(16-2)9(7)17-10(13)14/h3,10H,1-2H3. The van der Waals surface area contributed by atoms with E-state index in [1.165, 1.54) is 13.2 Å². The second-order valence-electron chi connectivity index (χ2n) is 3.01. The van der Waals surface area contributed by atoms with Gasteiger partial charge in [-0.25, -0.2) is 0 Å². The fourth-order valence-corrected chi connectivity index (χ4v) is 1.73. The predicted molar refractivity (Wildman–Crippen MR) is 59.7 cm³/mol. The molecule has 0 N–H and O–H groups in total. The summed E-state index contributed by atoms with van der Waals surface area (Å²) >= 11 is 11.5. The molecule has 0 aromatic heterocycles. The van der Waals surface area contributed by atoms with Gasteiger partial charge in [-0.2, -0.15) is 8.78 Å². The molecule has 17 heavy (non-hydrogen) atoms. The molecule has 0 radical (unpaired) electrons. The Labute approximate surface area is 106 Å². The smallest absolute Gasteiger partial charge is 0.387 e. The minimum atomic E-state index is -3.10. The molecule has 0 aliphatic heterocycles. The van der Waals surface area contributed by atoms with E-state index in [0.717, 1.165) is 6.92 Å². The van der Waals surface area contributed by atoms with Crippen molar-refractivity contribution in [3.05, 3.63) is 21.7 Å². The van der Waals surface area contributed by atoms with Crippen LogP contribution in [-0.2, 0) is 0 Å². The average molecular weight is 285 g/mol. The van der Waals surface area contributed by atoms with Gasteiger partial charge in [-0.3, -0.25) is 4.79 Å². The lowest BCUT2D eigenvalue weighted by Gasteiger charge is -2.15. The molecule has 94 valence electrons. The van der Waals surface area contributed by atoms with Gasteiger partial charge < -0.3 is 9.47 Å². The van der Waals surface area contributed by atoms with E-state index < -0.39 is 18.1 Å². The molecule has 0 saturated carbocycles. The second-order valence-corrected chi connectivity index (χ2v) is 3.80. The molecule has 0 amide bonds. The number of ether oxygens (including phenoxy) is 2. The molecule has 0 aliphatic carbocycles. The van der Waals surface area contributed by atoms with Gasteiger partial charge in [-0.15, -0.1) is 0 Å². The molecule has 1 aromatic carbocycles. The largest absolute Gasteiger partial charge is 0.493 e. The lowest BCUT2D eigenvalue weighted by atomic mass is 10.1. The number of hydrogen-bond acceptors (Lipinski definition) is 3. The fraction of sp³-hybridized carbons (Fsp3) is 0.300. The zero-order valence-corrected chi connectivity index (χ0v) is 10.4. The van der Waals surface area contributed by atoms with Crippen LogP contribution in [0.1, 0.15) is 17.3 Å². The molecule has 0 heterocycles. The average Bonchev–Trinajstić information content (AvgIpc) is 2.22. The summed E-state index contributed by atoms with van der Waals surface area (Å²) in [6, 6.07) is 1.20. The van der Waals surface area contributed by atoms with Gasteiger partial charge in [0.15, 0.2) is 17.3 Å². The summed E-state index contributed by atoms with van der Waals surface area (Å²) in [7, 11) is 1.24. The second kappa shape index (κ2) is 5.51. The zero-order valence-electron chi connectivity index (χ0n) is 8.89. The van der Waals surface area contributed by atoms with Crippen molar-refractivity contribution < 1.29 is 23.0 Å².